The van der Waals surface area contributed by atoms with E-state index in [9.17, 15) is 0 Å². The molecule has 0 nitrogen and oxygen atoms in total. The summed E-state index contributed by atoms with van der Waals surface area (Å²) >= 11 is 2.58. The van der Waals surface area contributed by atoms with Gasteiger partial charge in [-0.3, -0.25) is 0 Å². The van der Waals surface area contributed by atoms with Crippen molar-refractivity contribution in [2.75, 3.05) is 0 Å². The van der Waals surface area contributed by atoms with Crippen LogP contribution >= 0.6 is 0 Å². The molecule has 4 heteroatoms. The third-order valence-corrected chi connectivity index (χ3v) is 0.707. The summed E-state index contributed by atoms with van der Waals surface area (Å²) < 4.78 is 0. The molecule has 0 spiro atoms. The number of halogens is 2. The minimum Gasteiger partial charge on any atom is -1.00 e. The molecule has 0 bridgehead atoms. The number of rotatable bonds is 2. The molecule has 0 aromatic carbocycles. The Balaban J connectivity index is -0.0000000156. The quantitative estimate of drug-likeness (QED) is 0.381. The molecule has 0 amide bonds. The SMILES string of the molecule is C[CH2][Al+2].[CH2-]CCC.[CH2-]CCC.[Cl-].[Cl-].[Mg+2]. The molecular formula is C10H23AlCl2Mg. The van der Waals surface area contributed by atoms with Gasteiger partial charge < -0.3 is 38.7 Å². The van der Waals surface area contributed by atoms with E-state index in [4.69, 9.17) is 0 Å². The van der Waals surface area contributed by atoms with E-state index in [1.165, 1.54) is 18.1 Å². The van der Waals surface area contributed by atoms with Gasteiger partial charge in [0.1, 0.15) is 0 Å². The van der Waals surface area contributed by atoms with Crippen LogP contribution in [-0.2, 0) is 0 Å². The van der Waals surface area contributed by atoms with Gasteiger partial charge in [0.15, 0.2) is 0 Å². The fraction of sp³-hybridized carbons (Fsp3) is 0.800. The maximum absolute atomic E-state index is 3.60. The van der Waals surface area contributed by atoms with Gasteiger partial charge in [-0.2, -0.15) is 12.8 Å². The number of unbranched alkanes of at least 4 members (excludes halogenated alkanes) is 2. The van der Waals surface area contributed by atoms with Crippen LogP contribution in [0, 0.1) is 13.8 Å². The second-order valence-corrected chi connectivity index (χ2v) is 2.93. The third kappa shape index (κ3) is 153. The summed E-state index contributed by atoms with van der Waals surface area (Å²) in [4.78, 5) is 0. The van der Waals surface area contributed by atoms with E-state index < -0.39 is 0 Å². The molecule has 0 radical (unpaired) electrons. The minimum atomic E-state index is 0. The Kier molecular flexibility index (Phi) is 156. The van der Waals surface area contributed by atoms with Crippen molar-refractivity contribution < 1.29 is 24.8 Å². The van der Waals surface area contributed by atoms with Crippen molar-refractivity contribution in [3.63, 3.8) is 0 Å². The van der Waals surface area contributed by atoms with Crippen LogP contribution in [0.3, 0.4) is 0 Å². The number of hydrogen-bond acceptors (Lipinski definition) is 0. The Morgan fingerprint density at radius 3 is 0.929 bits per heavy atom. The van der Waals surface area contributed by atoms with Gasteiger partial charge >= 0.3 is 51.5 Å². The number of hydrogen-bond donors (Lipinski definition) is 0. The monoisotopic (exact) mass is 264 g/mol. The first-order chi connectivity index (χ1) is 5.24. The molecule has 0 heterocycles. The van der Waals surface area contributed by atoms with Crippen molar-refractivity contribution in [1.82, 2.24) is 0 Å². The summed E-state index contributed by atoms with van der Waals surface area (Å²) in [5.74, 6) is 0. The van der Waals surface area contributed by atoms with E-state index in [0.29, 0.717) is 0 Å². The Morgan fingerprint density at radius 1 is 0.857 bits per heavy atom. The van der Waals surface area contributed by atoms with E-state index in [1.807, 2.05) is 0 Å². The van der Waals surface area contributed by atoms with Crippen LogP contribution in [0.1, 0.15) is 46.5 Å². The minimum absolute atomic E-state index is 0. The Hall–Kier alpha value is 1.88. The van der Waals surface area contributed by atoms with E-state index in [0.717, 1.165) is 12.8 Å². The summed E-state index contributed by atoms with van der Waals surface area (Å²) in [7, 11) is 0. The van der Waals surface area contributed by atoms with Crippen LogP contribution in [0.25, 0.3) is 0 Å². The molecule has 14 heavy (non-hydrogen) atoms. The Labute approximate surface area is 129 Å². The molecule has 82 valence electrons. The average Bonchev–Trinajstić information content (AvgIpc) is 2.06. The molecule has 0 aromatic rings. The molecule has 0 fully saturated rings. The van der Waals surface area contributed by atoms with Crippen molar-refractivity contribution in [3.8, 4) is 0 Å². The summed E-state index contributed by atoms with van der Waals surface area (Å²) in [6.45, 7) is 13.5. The van der Waals surface area contributed by atoms with Crippen LogP contribution in [0.5, 0.6) is 0 Å². The predicted octanol–water partition coefficient (Wildman–Crippen LogP) is -2.54. The van der Waals surface area contributed by atoms with Crippen LogP contribution in [0.2, 0.25) is 5.28 Å². The maximum atomic E-state index is 3.60. The average molecular weight is 265 g/mol. The summed E-state index contributed by atoms with van der Waals surface area (Å²) in [5, 5.41) is 1.17. The van der Waals surface area contributed by atoms with Crippen LogP contribution in [0.15, 0.2) is 0 Å². The molecule has 0 aliphatic heterocycles. The first-order valence-electron chi connectivity index (χ1n) is 4.53. The van der Waals surface area contributed by atoms with Crippen molar-refractivity contribution in [3.05, 3.63) is 13.8 Å². The zero-order chi connectivity index (χ0) is 9.54. The van der Waals surface area contributed by atoms with Gasteiger partial charge in [-0.1, -0.05) is 26.7 Å². The fourth-order valence-corrected chi connectivity index (χ4v) is 0. The van der Waals surface area contributed by atoms with Gasteiger partial charge in [0.05, 0.1) is 0 Å². The standard InChI is InChI=1S/2C4H9.C2H5.Al.2ClH.Mg/c2*1-3-4-2;1-2;;;;/h2*1,3-4H2,2H3;1H2,2H3;;2*1H;/q2*-1;;+2;;;+2/p-2. The van der Waals surface area contributed by atoms with Crippen molar-refractivity contribution in [1.29, 1.82) is 0 Å². The first kappa shape index (κ1) is 36.0. The molecular weight excluding hydrogens is 242 g/mol. The molecule has 0 aliphatic carbocycles. The largest absolute Gasteiger partial charge is 2.00 e. The van der Waals surface area contributed by atoms with Gasteiger partial charge in [-0.25, -0.2) is 0 Å². The van der Waals surface area contributed by atoms with E-state index in [2.05, 4.69) is 50.9 Å². The van der Waals surface area contributed by atoms with Gasteiger partial charge in [-0.15, -0.1) is 0 Å². The van der Waals surface area contributed by atoms with E-state index in [1.54, 1.807) is 0 Å². The summed E-state index contributed by atoms with van der Waals surface area (Å²) in [5.41, 5.74) is 0. The molecule has 0 aromatic heterocycles. The second kappa shape index (κ2) is 60.6. The molecule has 0 atom stereocenters. The third-order valence-electron chi connectivity index (χ3n) is 0.707. The summed E-state index contributed by atoms with van der Waals surface area (Å²) in [6, 6.07) is 0. The molecule has 0 N–H and O–H groups in total. The molecule has 0 aliphatic rings. The zero-order valence-corrected chi connectivity index (χ0v) is 14.1. The topological polar surface area (TPSA) is 0 Å². The first-order valence-corrected chi connectivity index (χ1v) is 5.35. The van der Waals surface area contributed by atoms with Crippen molar-refractivity contribution in [2.24, 2.45) is 0 Å². The molecule has 0 rings (SSSR count). The van der Waals surface area contributed by atoms with Gasteiger partial charge in [0, 0.05) is 0 Å². The predicted molar refractivity (Wildman–Crippen MR) is 62.5 cm³/mol. The smallest absolute Gasteiger partial charge is 1.00 e. The van der Waals surface area contributed by atoms with Crippen molar-refractivity contribution in [2.45, 2.75) is 51.7 Å². The van der Waals surface area contributed by atoms with Gasteiger partial charge in [-0.05, 0) is 0 Å². The summed E-state index contributed by atoms with van der Waals surface area (Å²) in [6.07, 6.45) is 4.56. The normalized spacial score (nSPS) is 5.64. The van der Waals surface area contributed by atoms with E-state index >= 15 is 0 Å². The molecule has 0 saturated heterocycles. The van der Waals surface area contributed by atoms with Crippen LogP contribution < -0.4 is 24.8 Å². The zero-order valence-electron chi connectivity index (χ0n) is 9.99. The van der Waals surface area contributed by atoms with E-state index in [-0.39, 0.29) is 47.9 Å². The van der Waals surface area contributed by atoms with Crippen molar-refractivity contribution >= 4 is 39.3 Å². The van der Waals surface area contributed by atoms with Gasteiger partial charge in [0.2, 0.25) is 0 Å². The second-order valence-electron chi connectivity index (χ2n) is 2.12. The fourth-order valence-electron chi connectivity index (χ4n) is 0. The van der Waals surface area contributed by atoms with Gasteiger partial charge in [0.25, 0.3) is 0 Å². The van der Waals surface area contributed by atoms with Crippen LogP contribution in [0.4, 0.5) is 0 Å². The molecule has 0 saturated carbocycles. The van der Waals surface area contributed by atoms with Crippen LogP contribution in [-0.4, -0.2) is 39.3 Å². The Morgan fingerprint density at radius 2 is 0.929 bits per heavy atom. The molecule has 0 unspecified atom stereocenters. The Bertz CT molecular complexity index is 33.3. The maximum Gasteiger partial charge on any atom is 2.00 e.